The van der Waals surface area contributed by atoms with Crippen molar-refractivity contribution in [2.24, 2.45) is 5.92 Å². The van der Waals surface area contributed by atoms with Gasteiger partial charge in [0.25, 0.3) is 0 Å². The predicted molar refractivity (Wildman–Crippen MR) is 126 cm³/mol. The number of ether oxygens (including phenoxy) is 3. The number of carbonyl (C=O) groups excluding carboxylic acids is 2. The predicted octanol–water partition coefficient (Wildman–Crippen LogP) is 5.08. The molecule has 1 aromatic carbocycles. The highest BCUT2D eigenvalue weighted by molar-refractivity contribution is 5.99. The molecule has 2 heterocycles. The molecule has 2 aromatic rings. The summed E-state index contributed by atoms with van der Waals surface area (Å²) < 4.78 is 17.1. The Hall–Kier alpha value is -3.29. The maximum absolute atomic E-state index is 12.9. The highest BCUT2D eigenvalue weighted by atomic mass is 16.6. The van der Waals surface area contributed by atoms with Crippen LogP contribution in [-0.4, -0.2) is 34.7 Å². The summed E-state index contributed by atoms with van der Waals surface area (Å²) in [5.74, 6) is 2.00. The third-order valence-electron chi connectivity index (χ3n) is 5.36. The quantitative estimate of drug-likeness (QED) is 0.630. The molecule has 2 atom stereocenters. The molecule has 0 saturated carbocycles. The Balaban J connectivity index is 1.66. The Labute approximate surface area is 195 Å². The number of benzene rings is 1. The minimum atomic E-state index is -1.14. The first kappa shape index (κ1) is 24.4. The van der Waals surface area contributed by atoms with E-state index in [2.05, 4.69) is 22.5 Å². The molecule has 0 bridgehead atoms. The molecule has 8 nitrogen and oxygen atoms in total. The summed E-state index contributed by atoms with van der Waals surface area (Å²) in [6.07, 6.45) is 2.13. The molecule has 8 heteroatoms. The molecule has 0 fully saturated rings. The fraction of sp³-hybridized carbons (Fsp3) is 0.480. The highest BCUT2D eigenvalue weighted by Gasteiger charge is 2.35. The third kappa shape index (κ3) is 6.37. The molecule has 1 aromatic heterocycles. The number of pyridine rings is 1. The Morgan fingerprint density at radius 2 is 1.94 bits per heavy atom. The smallest absolute Gasteiger partial charge is 0.408 e. The van der Waals surface area contributed by atoms with Gasteiger partial charge < -0.3 is 24.8 Å². The first-order chi connectivity index (χ1) is 15.5. The van der Waals surface area contributed by atoms with E-state index in [0.29, 0.717) is 36.3 Å². The molecule has 0 aliphatic carbocycles. The number of nitrogens with zero attached hydrogens (tertiary/aromatic N) is 1. The van der Waals surface area contributed by atoms with E-state index in [1.54, 1.807) is 39.8 Å². The van der Waals surface area contributed by atoms with Gasteiger partial charge in [0.15, 0.2) is 0 Å². The number of aromatic nitrogens is 1. The summed E-state index contributed by atoms with van der Waals surface area (Å²) in [4.78, 5) is 29.4. The Morgan fingerprint density at radius 3 is 2.58 bits per heavy atom. The lowest BCUT2D eigenvalue weighted by atomic mass is 9.97. The van der Waals surface area contributed by atoms with Gasteiger partial charge in [-0.25, -0.2) is 9.78 Å². The summed E-state index contributed by atoms with van der Waals surface area (Å²) in [5.41, 5.74) is -0.276. The normalized spacial score (nSPS) is 17.1. The van der Waals surface area contributed by atoms with Crippen molar-refractivity contribution in [3.8, 4) is 17.4 Å². The molecule has 1 unspecified atom stereocenters. The summed E-state index contributed by atoms with van der Waals surface area (Å²) in [5, 5.41) is 5.47. The Kier molecular flexibility index (Phi) is 7.15. The van der Waals surface area contributed by atoms with Gasteiger partial charge in [-0.3, -0.25) is 4.79 Å². The van der Waals surface area contributed by atoms with Crippen molar-refractivity contribution in [2.45, 2.75) is 65.5 Å². The van der Waals surface area contributed by atoms with E-state index in [9.17, 15) is 9.59 Å². The van der Waals surface area contributed by atoms with Gasteiger partial charge in [0.2, 0.25) is 11.8 Å². The van der Waals surface area contributed by atoms with Gasteiger partial charge in [0.05, 0.1) is 18.5 Å². The lowest BCUT2D eigenvalue weighted by Gasteiger charge is -2.30. The molecule has 0 radical (unpaired) electrons. The van der Waals surface area contributed by atoms with E-state index in [-0.39, 0.29) is 5.91 Å². The second-order valence-electron chi connectivity index (χ2n) is 9.61. The van der Waals surface area contributed by atoms with Gasteiger partial charge in [-0.2, -0.15) is 0 Å². The molecular formula is C25H33N3O5. The summed E-state index contributed by atoms with van der Waals surface area (Å²) in [7, 11) is 0. The van der Waals surface area contributed by atoms with Crippen molar-refractivity contribution in [3.05, 3.63) is 42.1 Å². The average Bonchev–Trinajstić information content (AvgIpc) is 2.74. The van der Waals surface area contributed by atoms with Crippen LogP contribution in [0.5, 0.6) is 17.4 Å². The van der Waals surface area contributed by atoms with E-state index in [1.165, 1.54) is 6.20 Å². The zero-order chi connectivity index (χ0) is 24.2. The zero-order valence-electron chi connectivity index (χ0n) is 20.2. The van der Waals surface area contributed by atoms with Crippen molar-refractivity contribution in [1.29, 1.82) is 0 Å². The molecule has 33 heavy (non-hydrogen) atoms. The summed E-state index contributed by atoms with van der Waals surface area (Å²) in [6, 6.07) is 9.12. The lowest BCUT2D eigenvalue weighted by Crippen LogP contribution is -2.55. The minimum absolute atomic E-state index is 0.366. The molecule has 1 aliphatic rings. The van der Waals surface area contributed by atoms with Crippen molar-refractivity contribution < 1.29 is 23.8 Å². The second kappa shape index (κ2) is 9.68. The van der Waals surface area contributed by atoms with Crippen LogP contribution in [0.2, 0.25) is 0 Å². The topological polar surface area (TPSA) is 98.8 Å². The van der Waals surface area contributed by atoms with Gasteiger partial charge in [0.1, 0.15) is 22.6 Å². The SMILES string of the molecule is CC[C@@](C)(NC(=O)OC(C)(C)C)C(=O)Nc1ccc(Oc2cccc3c2CC(C)CO3)nc1. The second-order valence-corrected chi connectivity index (χ2v) is 9.61. The largest absolute Gasteiger partial charge is 0.493 e. The molecule has 2 amide bonds. The van der Waals surface area contributed by atoms with Crippen LogP contribution in [-0.2, 0) is 16.0 Å². The van der Waals surface area contributed by atoms with E-state index in [4.69, 9.17) is 14.2 Å². The summed E-state index contributed by atoms with van der Waals surface area (Å²) >= 11 is 0. The monoisotopic (exact) mass is 455 g/mol. The first-order valence-corrected chi connectivity index (χ1v) is 11.2. The maximum Gasteiger partial charge on any atom is 0.408 e. The number of hydrogen-bond donors (Lipinski definition) is 2. The van der Waals surface area contributed by atoms with Crippen LogP contribution < -0.4 is 20.1 Å². The number of hydrogen-bond acceptors (Lipinski definition) is 6. The number of amides is 2. The average molecular weight is 456 g/mol. The molecule has 0 spiro atoms. The zero-order valence-corrected chi connectivity index (χ0v) is 20.2. The molecule has 178 valence electrons. The van der Waals surface area contributed by atoms with Crippen LogP contribution in [0.15, 0.2) is 36.5 Å². The van der Waals surface area contributed by atoms with E-state index < -0.39 is 17.2 Å². The van der Waals surface area contributed by atoms with Crippen molar-refractivity contribution in [1.82, 2.24) is 10.3 Å². The third-order valence-corrected chi connectivity index (χ3v) is 5.36. The van der Waals surface area contributed by atoms with Gasteiger partial charge in [-0.05, 0) is 64.7 Å². The van der Waals surface area contributed by atoms with Crippen LogP contribution in [0.3, 0.4) is 0 Å². The number of nitrogens with one attached hydrogen (secondary N) is 2. The Morgan fingerprint density at radius 1 is 1.18 bits per heavy atom. The number of alkyl carbamates (subject to hydrolysis) is 1. The van der Waals surface area contributed by atoms with Gasteiger partial charge >= 0.3 is 6.09 Å². The van der Waals surface area contributed by atoms with Crippen molar-refractivity contribution in [3.63, 3.8) is 0 Å². The van der Waals surface area contributed by atoms with Gasteiger partial charge in [-0.1, -0.05) is 19.9 Å². The number of carbonyl (C=O) groups is 2. The van der Waals surface area contributed by atoms with Crippen LogP contribution in [0.4, 0.5) is 10.5 Å². The minimum Gasteiger partial charge on any atom is -0.493 e. The van der Waals surface area contributed by atoms with Gasteiger partial charge in [-0.15, -0.1) is 0 Å². The van der Waals surface area contributed by atoms with E-state index in [1.807, 2.05) is 25.1 Å². The number of fused-ring (bicyclic) bond motifs is 1. The fourth-order valence-corrected chi connectivity index (χ4v) is 3.35. The van der Waals surface area contributed by atoms with Crippen molar-refractivity contribution in [2.75, 3.05) is 11.9 Å². The fourth-order valence-electron chi connectivity index (χ4n) is 3.35. The molecule has 2 N–H and O–H groups in total. The maximum atomic E-state index is 12.9. The molecule has 0 saturated heterocycles. The van der Waals surface area contributed by atoms with Crippen LogP contribution >= 0.6 is 0 Å². The van der Waals surface area contributed by atoms with Crippen LogP contribution in [0, 0.1) is 5.92 Å². The number of anilines is 1. The lowest BCUT2D eigenvalue weighted by molar-refractivity contribution is -0.122. The first-order valence-electron chi connectivity index (χ1n) is 11.2. The van der Waals surface area contributed by atoms with Crippen molar-refractivity contribution >= 4 is 17.7 Å². The molecule has 3 rings (SSSR count). The summed E-state index contributed by atoms with van der Waals surface area (Å²) in [6.45, 7) is 11.6. The Bertz CT molecular complexity index is 1000. The highest BCUT2D eigenvalue weighted by Crippen LogP contribution is 2.36. The van der Waals surface area contributed by atoms with Crippen LogP contribution in [0.25, 0.3) is 0 Å². The number of rotatable bonds is 6. The molecular weight excluding hydrogens is 422 g/mol. The van der Waals surface area contributed by atoms with Crippen LogP contribution in [0.1, 0.15) is 53.5 Å². The van der Waals surface area contributed by atoms with Gasteiger partial charge in [0, 0.05) is 11.6 Å². The van der Waals surface area contributed by atoms with E-state index in [0.717, 1.165) is 17.7 Å². The van der Waals surface area contributed by atoms with E-state index >= 15 is 0 Å². The standard InChI is InChI=1S/C25H33N3O5/c1-7-25(6,28-23(30)33-24(3,4)5)22(29)27-17-11-12-21(26-14-17)32-20-10-8-9-19-18(20)13-16(2)15-31-19/h8-12,14,16H,7,13,15H2,1-6H3,(H,27,29)(H,28,30)/t16?,25-/m1/s1. The molecule has 1 aliphatic heterocycles.